The van der Waals surface area contributed by atoms with Gasteiger partial charge in [0, 0.05) is 6.42 Å². The van der Waals surface area contributed by atoms with Gasteiger partial charge in [-0.3, -0.25) is 18.3 Å². The molecular weight excluding hydrogens is 464 g/mol. The third-order valence-electron chi connectivity index (χ3n) is 4.86. The van der Waals surface area contributed by atoms with Crippen molar-refractivity contribution >= 4 is 31.5 Å². The molecule has 32 heavy (non-hydrogen) atoms. The predicted molar refractivity (Wildman–Crippen MR) is 116 cm³/mol. The second kappa shape index (κ2) is 14.5. The first kappa shape index (κ1) is 30.4. The smallest absolute Gasteiger partial charge is 0.334 e. The van der Waals surface area contributed by atoms with Crippen molar-refractivity contribution in [3.63, 3.8) is 0 Å². The summed E-state index contributed by atoms with van der Waals surface area (Å²) in [7, 11) is -9.83. The molecule has 0 aliphatic carbocycles. The van der Waals surface area contributed by atoms with Crippen molar-refractivity contribution in [2.45, 2.75) is 90.5 Å². The van der Waals surface area contributed by atoms with E-state index in [4.69, 9.17) is 13.8 Å². The van der Waals surface area contributed by atoms with Crippen molar-refractivity contribution in [2.24, 2.45) is 5.41 Å². The summed E-state index contributed by atoms with van der Waals surface area (Å²) in [6.45, 7) is 2.75. The Morgan fingerprint density at radius 3 is 1.88 bits per heavy atom. The van der Waals surface area contributed by atoms with Gasteiger partial charge < -0.3 is 5.11 Å². The number of nitriles is 1. The first-order valence-corrected chi connectivity index (χ1v) is 13.5. The minimum Gasteiger partial charge on any atom is -0.480 e. The molecule has 11 nitrogen and oxygen atoms in total. The summed E-state index contributed by atoms with van der Waals surface area (Å²) in [4.78, 5) is 23.6. The van der Waals surface area contributed by atoms with Gasteiger partial charge in [0.25, 0.3) is 5.12 Å². The van der Waals surface area contributed by atoms with E-state index in [0.29, 0.717) is 12.8 Å². The Labute approximate surface area is 190 Å². The van der Waals surface area contributed by atoms with Crippen LogP contribution in [-0.2, 0) is 34.2 Å². The molecule has 0 rings (SSSR count). The molecule has 0 aliphatic rings. The number of nitrogens with zero attached hydrogens (tertiary/aromatic N) is 1. The number of carboxylic acid groups (broad SMARTS) is 1. The second-order valence-electron chi connectivity index (χ2n) is 7.88. The van der Waals surface area contributed by atoms with Crippen LogP contribution in [0.2, 0.25) is 0 Å². The molecule has 0 fully saturated rings. The second-order valence-corrected chi connectivity index (χ2v) is 10.6. The fourth-order valence-electron chi connectivity index (χ4n) is 3.03. The van der Waals surface area contributed by atoms with Gasteiger partial charge in [0.2, 0.25) is 0 Å². The zero-order valence-electron chi connectivity index (χ0n) is 18.6. The van der Waals surface area contributed by atoms with E-state index in [9.17, 15) is 31.7 Å². The van der Waals surface area contributed by atoms with Crippen molar-refractivity contribution in [3.05, 3.63) is 0 Å². The highest BCUT2D eigenvalue weighted by Gasteiger charge is 2.46. The lowest BCUT2D eigenvalue weighted by molar-refractivity contribution is -0.139. The summed E-state index contributed by atoms with van der Waals surface area (Å²) in [5.74, 6) is -1.81. The maximum Gasteiger partial charge on any atom is 0.334 e. The SMILES string of the molecule is CCCCCCCCCCCCOS(=O)(=O)C(=O)C(C)(C#N)CC(NS(=O)(=O)O)C(=O)O. The zero-order valence-corrected chi connectivity index (χ0v) is 20.2. The van der Waals surface area contributed by atoms with Gasteiger partial charge >= 0.3 is 26.4 Å². The number of hydrogen-bond donors (Lipinski definition) is 3. The van der Waals surface area contributed by atoms with Gasteiger partial charge in [0.05, 0.1) is 12.7 Å². The van der Waals surface area contributed by atoms with E-state index < -0.39 is 49.4 Å². The molecule has 13 heteroatoms. The summed E-state index contributed by atoms with van der Waals surface area (Å²) < 4.78 is 60.9. The maximum atomic E-state index is 12.4. The van der Waals surface area contributed by atoms with Crippen LogP contribution >= 0.6 is 0 Å². The van der Waals surface area contributed by atoms with Crippen LogP contribution < -0.4 is 4.72 Å². The van der Waals surface area contributed by atoms with E-state index in [0.717, 1.165) is 32.6 Å². The van der Waals surface area contributed by atoms with Crippen LogP contribution in [0.1, 0.15) is 84.5 Å². The van der Waals surface area contributed by atoms with Gasteiger partial charge in [-0.15, -0.1) is 0 Å². The van der Waals surface area contributed by atoms with Crippen LogP contribution in [0, 0.1) is 16.7 Å². The lowest BCUT2D eigenvalue weighted by Gasteiger charge is -2.23. The third-order valence-corrected chi connectivity index (χ3v) is 6.83. The molecule has 0 aromatic carbocycles. The van der Waals surface area contributed by atoms with Crippen LogP contribution in [0.5, 0.6) is 0 Å². The van der Waals surface area contributed by atoms with Crippen LogP contribution in [-0.4, -0.2) is 50.2 Å². The largest absolute Gasteiger partial charge is 0.480 e. The quantitative estimate of drug-likeness (QED) is 0.144. The molecule has 0 aliphatic heterocycles. The molecule has 0 amide bonds. The molecule has 186 valence electrons. The molecule has 0 spiro atoms. The maximum absolute atomic E-state index is 12.4. The van der Waals surface area contributed by atoms with Crippen molar-refractivity contribution in [1.82, 2.24) is 4.72 Å². The van der Waals surface area contributed by atoms with Crippen molar-refractivity contribution in [2.75, 3.05) is 6.61 Å². The molecule has 0 aromatic heterocycles. The Morgan fingerprint density at radius 1 is 1.00 bits per heavy atom. The summed E-state index contributed by atoms with van der Waals surface area (Å²) in [6.07, 6.45) is 9.10. The van der Waals surface area contributed by atoms with Crippen LogP contribution in [0.15, 0.2) is 0 Å². The minimum atomic E-state index is -4.98. The Hall–Kier alpha value is -1.59. The van der Waals surface area contributed by atoms with Gasteiger partial charge in [-0.25, -0.2) is 0 Å². The highest BCUT2D eigenvalue weighted by molar-refractivity contribution is 8.02. The number of nitrogens with one attached hydrogen (secondary N) is 1. The zero-order chi connectivity index (χ0) is 24.8. The summed E-state index contributed by atoms with van der Waals surface area (Å²) in [5, 5.41) is 16.7. The standard InChI is InChI=1S/C19H34N2O9S2/c1-3-4-5-6-7-8-9-10-11-12-13-30-31(25,26)18(24)19(2,15-20)14-16(17(22)23)21-32(27,28)29/h16,21H,3-14H2,1-2H3,(H,22,23)(H,27,28,29). The number of aliphatic carboxylic acids is 1. The number of hydrogen-bond acceptors (Lipinski definition) is 8. The molecule has 0 bridgehead atoms. The third kappa shape index (κ3) is 12.4. The molecule has 0 radical (unpaired) electrons. The van der Waals surface area contributed by atoms with E-state index in [1.807, 2.05) is 0 Å². The van der Waals surface area contributed by atoms with Gasteiger partial charge in [0.15, 0.2) is 0 Å². The molecular formula is C19H34N2O9S2. The van der Waals surface area contributed by atoms with Crippen molar-refractivity contribution < 1.29 is 40.3 Å². The molecule has 0 aromatic rings. The monoisotopic (exact) mass is 498 g/mol. The lowest BCUT2D eigenvalue weighted by Crippen LogP contribution is -2.46. The first-order valence-electron chi connectivity index (χ1n) is 10.6. The van der Waals surface area contributed by atoms with Gasteiger partial charge in [0.1, 0.15) is 11.5 Å². The number of carbonyl (C=O) groups is 2. The van der Waals surface area contributed by atoms with Crippen LogP contribution in [0.3, 0.4) is 0 Å². The number of rotatable bonds is 18. The molecule has 2 atom stereocenters. The normalized spacial score (nSPS) is 14.9. The highest BCUT2D eigenvalue weighted by Crippen LogP contribution is 2.27. The topological polar surface area (TPSA) is 188 Å². The fourth-order valence-corrected chi connectivity index (χ4v) is 4.70. The average Bonchev–Trinajstić information content (AvgIpc) is 2.69. The predicted octanol–water partition coefficient (Wildman–Crippen LogP) is 2.55. The minimum absolute atomic E-state index is 0.266. The van der Waals surface area contributed by atoms with E-state index in [2.05, 4.69) is 6.92 Å². The Kier molecular flexibility index (Phi) is 13.8. The van der Waals surface area contributed by atoms with E-state index in [1.54, 1.807) is 0 Å². The van der Waals surface area contributed by atoms with Crippen molar-refractivity contribution in [1.29, 1.82) is 5.26 Å². The number of carbonyl (C=O) groups excluding carboxylic acids is 1. The van der Waals surface area contributed by atoms with E-state index >= 15 is 0 Å². The van der Waals surface area contributed by atoms with Crippen LogP contribution in [0.4, 0.5) is 0 Å². The van der Waals surface area contributed by atoms with Crippen molar-refractivity contribution in [3.8, 4) is 6.07 Å². The fraction of sp³-hybridized carbons (Fsp3) is 0.842. The van der Waals surface area contributed by atoms with Gasteiger partial charge in [-0.2, -0.15) is 26.8 Å². The highest BCUT2D eigenvalue weighted by atomic mass is 32.2. The molecule has 0 saturated carbocycles. The molecule has 2 unspecified atom stereocenters. The Balaban J connectivity index is 4.63. The first-order chi connectivity index (χ1) is 14.8. The Morgan fingerprint density at radius 2 is 1.47 bits per heavy atom. The van der Waals surface area contributed by atoms with Gasteiger partial charge in [-0.05, 0) is 13.3 Å². The van der Waals surface area contributed by atoms with Gasteiger partial charge in [-0.1, -0.05) is 64.7 Å². The number of carboxylic acids is 1. The molecule has 0 saturated heterocycles. The molecule has 3 N–H and O–H groups in total. The van der Waals surface area contributed by atoms with E-state index in [1.165, 1.54) is 36.5 Å². The summed E-state index contributed by atoms with van der Waals surface area (Å²) in [5.41, 5.74) is -2.42. The van der Waals surface area contributed by atoms with E-state index in [-0.39, 0.29) is 6.61 Å². The number of unbranched alkanes of at least 4 members (excludes halogenated alkanes) is 9. The lowest BCUT2D eigenvalue weighted by atomic mass is 9.86. The average molecular weight is 499 g/mol. The summed E-state index contributed by atoms with van der Waals surface area (Å²) >= 11 is 0. The van der Waals surface area contributed by atoms with Crippen LogP contribution in [0.25, 0.3) is 0 Å². The Bertz CT molecular complexity index is 851. The molecule has 0 heterocycles. The summed E-state index contributed by atoms with van der Waals surface area (Å²) in [6, 6.07) is -0.691.